The highest BCUT2D eigenvalue weighted by atomic mass is 32.2. The fraction of sp³-hybridized carbons (Fsp3) is 0.136. The molecule has 3 rings (SSSR count). The number of carboxylic acid groups (broad SMARTS) is 1. The van der Waals surface area contributed by atoms with Gasteiger partial charge in [-0.15, -0.1) is 6.58 Å². The number of ether oxygens (including phenoxy) is 1. The van der Waals surface area contributed by atoms with Crippen molar-refractivity contribution >= 4 is 40.6 Å². The third-order valence-electron chi connectivity index (χ3n) is 4.07. The van der Waals surface area contributed by atoms with E-state index >= 15 is 0 Å². The Hall–Kier alpha value is -3.52. The number of nitrogens with zero attached hydrogens (tertiary/aromatic N) is 2. The molecule has 1 heterocycles. The second-order valence-electron chi connectivity index (χ2n) is 6.40. The van der Waals surface area contributed by atoms with Crippen LogP contribution in [0.15, 0.2) is 71.1 Å². The van der Waals surface area contributed by atoms with Crippen LogP contribution >= 0.6 is 11.8 Å². The van der Waals surface area contributed by atoms with Gasteiger partial charge in [-0.1, -0.05) is 24.3 Å². The zero-order chi connectivity index (χ0) is 21.7. The van der Waals surface area contributed by atoms with Crippen LogP contribution in [0.25, 0.3) is 6.08 Å². The van der Waals surface area contributed by atoms with Crippen molar-refractivity contribution < 1.29 is 24.5 Å². The minimum atomic E-state index is -1.06. The summed E-state index contributed by atoms with van der Waals surface area (Å²) in [5, 5.41) is 19.1. The lowest BCUT2D eigenvalue weighted by Crippen LogP contribution is -2.29. The van der Waals surface area contributed by atoms with Gasteiger partial charge in [0, 0.05) is 12.6 Å². The Morgan fingerprint density at radius 2 is 2.07 bits per heavy atom. The Kier molecular flexibility index (Phi) is 6.58. The molecule has 1 unspecified atom stereocenters. The minimum absolute atomic E-state index is 0.0876. The lowest BCUT2D eigenvalue weighted by Gasteiger charge is -2.12. The minimum Gasteiger partial charge on any atom is -0.508 e. The van der Waals surface area contributed by atoms with E-state index in [0.29, 0.717) is 33.6 Å². The van der Waals surface area contributed by atoms with Crippen LogP contribution in [0.5, 0.6) is 11.5 Å². The van der Waals surface area contributed by atoms with Gasteiger partial charge in [0.05, 0.1) is 10.6 Å². The van der Waals surface area contributed by atoms with E-state index in [0.717, 1.165) is 0 Å². The molecule has 1 amide bonds. The van der Waals surface area contributed by atoms with E-state index in [1.54, 1.807) is 54.6 Å². The summed E-state index contributed by atoms with van der Waals surface area (Å²) in [6, 6.07) is 13.3. The SMILES string of the molecule is C=CCN1C(=O)/C(=C/c2cccc(OC(C)C(=O)O)c2)SC1=Nc1cccc(O)c1. The van der Waals surface area contributed by atoms with Crippen LogP contribution in [0.3, 0.4) is 0 Å². The van der Waals surface area contributed by atoms with Crippen molar-refractivity contribution in [2.24, 2.45) is 4.99 Å². The van der Waals surface area contributed by atoms with Crippen LogP contribution < -0.4 is 4.74 Å². The summed E-state index contributed by atoms with van der Waals surface area (Å²) < 4.78 is 5.39. The summed E-state index contributed by atoms with van der Waals surface area (Å²) >= 11 is 1.21. The fourth-order valence-electron chi connectivity index (χ4n) is 2.64. The number of carbonyl (C=O) groups excluding carboxylic acids is 1. The number of rotatable bonds is 7. The number of amides is 1. The molecule has 154 valence electrons. The molecule has 1 saturated heterocycles. The highest BCUT2D eigenvalue weighted by molar-refractivity contribution is 8.18. The standard InChI is InChI=1S/C22H20N2O5S/c1-3-10-24-20(26)19(30-22(24)23-16-7-5-8-17(25)13-16)12-15-6-4-9-18(11-15)29-14(2)21(27)28/h3-9,11-14,25H,1,10H2,2H3,(H,27,28)/b19-12-,23-22?. The number of thioether (sulfide) groups is 1. The summed E-state index contributed by atoms with van der Waals surface area (Å²) in [7, 11) is 0. The fourth-order valence-corrected chi connectivity index (χ4v) is 3.65. The molecule has 2 aromatic carbocycles. The number of aliphatic carboxylic acids is 1. The Labute approximate surface area is 178 Å². The zero-order valence-corrected chi connectivity index (χ0v) is 17.0. The van der Waals surface area contributed by atoms with Gasteiger partial charge in [0.2, 0.25) is 0 Å². The van der Waals surface area contributed by atoms with Gasteiger partial charge in [0.25, 0.3) is 5.91 Å². The number of amidine groups is 1. The molecule has 30 heavy (non-hydrogen) atoms. The normalized spacial score (nSPS) is 17.4. The Balaban J connectivity index is 1.89. The largest absolute Gasteiger partial charge is 0.508 e. The van der Waals surface area contributed by atoms with Crippen LogP contribution in [0.2, 0.25) is 0 Å². The summed E-state index contributed by atoms with van der Waals surface area (Å²) in [6.45, 7) is 5.43. The van der Waals surface area contributed by atoms with Crippen molar-refractivity contribution in [2.45, 2.75) is 13.0 Å². The van der Waals surface area contributed by atoms with Crippen LogP contribution in [0.4, 0.5) is 5.69 Å². The molecule has 0 radical (unpaired) electrons. The quantitative estimate of drug-likeness (QED) is 0.514. The number of phenols is 1. The number of aromatic hydroxyl groups is 1. The molecule has 0 saturated carbocycles. The molecule has 1 aliphatic rings. The lowest BCUT2D eigenvalue weighted by molar-refractivity contribution is -0.144. The molecule has 1 fully saturated rings. The van der Waals surface area contributed by atoms with Crippen LogP contribution in [-0.4, -0.2) is 44.8 Å². The maximum Gasteiger partial charge on any atom is 0.344 e. The summed E-state index contributed by atoms with van der Waals surface area (Å²) in [4.78, 5) is 30.3. The maximum absolute atomic E-state index is 12.9. The number of hydrogen-bond donors (Lipinski definition) is 2. The van der Waals surface area contributed by atoms with Crippen molar-refractivity contribution in [3.63, 3.8) is 0 Å². The molecule has 0 spiro atoms. The summed E-state index contributed by atoms with van der Waals surface area (Å²) in [5.74, 6) is -0.798. The van der Waals surface area contributed by atoms with Gasteiger partial charge < -0.3 is 14.9 Å². The predicted molar refractivity (Wildman–Crippen MR) is 117 cm³/mol. The lowest BCUT2D eigenvalue weighted by atomic mass is 10.2. The Morgan fingerprint density at radius 3 is 2.77 bits per heavy atom. The molecule has 8 heteroatoms. The van der Waals surface area contributed by atoms with Gasteiger partial charge in [-0.3, -0.25) is 9.69 Å². The second-order valence-corrected chi connectivity index (χ2v) is 7.41. The molecule has 7 nitrogen and oxygen atoms in total. The van der Waals surface area contributed by atoms with E-state index in [2.05, 4.69) is 11.6 Å². The molecular weight excluding hydrogens is 404 g/mol. The number of carboxylic acids is 1. The van der Waals surface area contributed by atoms with Crippen molar-refractivity contribution in [1.82, 2.24) is 4.90 Å². The average molecular weight is 424 g/mol. The molecule has 1 atom stereocenters. The molecular formula is C22H20N2O5S. The van der Waals surface area contributed by atoms with Crippen LogP contribution in [-0.2, 0) is 9.59 Å². The maximum atomic E-state index is 12.9. The Bertz CT molecular complexity index is 1050. The first kappa shape index (κ1) is 21.2. The van der Waals surface area contributed by atoms with Gasteiger partial charge in [-0.05, 0) is 54.6 Å². The molecule has 0 aliphatic carbocycles. The van der Waals surface area contributed by atoms with E-state index in [9.17, 15) is 14.7 Å². The van der Waals surface area contributed by atoms with E-state index in [1.165, 1.54) is 29.7 Å². The molecule has 2 N–H and O–H groups in total. The van der Waals surface area contributed by atoms with E-state index < -0.39 is 12.1 Å². The van der Waals surface area contributed by atoms with Gasteiger partial charge in [0.1, 0.15) is 11.5 Å². The monoisotopic (exact) mass is 424 g/mol. The van der Waals surface area contributed by atoms with Crippen molar-refractivity contribution in [1.29, 1.82) is 0 Å². The first-order valence-corrected chi connectivity index (χ1v) is 9.88. The van der Waals surface area contributed by atoms with Crippen LogP contribution in [0, 0.1) is 0 Å². The van der Waals surface area contributed by atoms with Crippen molar-refractivity contribution in [3.05, 3.63) is 71.7 Å². The van der Waals surface area contributed by atoms with E-state index in [-0.39, 0.29) is 11.7 Å². The average Bonchev–Trinajstić information content (AvgIpc) is 2.97. The Morgan fingerprint density at radius 1 is 1.30 bits per heavy atom. The number of hydrogen-bond acceptors (Lipinski definition) is 6. The molecule has 0 bridgehead atoms. The highest BCUT2D eigenvalue weighted by Crippen LogP contribution is 2.35. The van der Waals surface area contributed by atoms with E-state index in [4.69, 9.17) is 9.84 Å². The number of phenolic OH excluding ortho intramolecular Hbond substituents is 1. The third-order valence-corrected chi connectivity index (χ3v) is 5.08. The molecule has 0 aromatic heterocycles. The van der Waals surface area contributed by atoms with Gasteiger partial charge in [-0.2, -0.15) is 0 Å². The molecule has 2 aromatic rings. The van der Waals surface area contributed by atoms with Gasteiger partial charge in [0.15, 0.2) is 11.3 Å². The first-order valence-electron chi connectivity index (χ1n) is 9.07. The first-order chi connectivity index (χ1) is 14.4. The van der Waals surface area contributed by atoms with Crippen molar-refractivity contribution in [3.8, 4) is 11.5 Å². The highest BCUT2D eigenvalue weighted by Gasteiger charge is 2.32. The number of carbonyl (C=O) groups is 2. The number of aliphatic imine (C=N–C) groups is 1. The summed E-state index contributed by atoms with van der Waals surface area (Å²) in [5.41, 5.74) is 1.22. The van der Waals surface area contributed by atoms with Gasteiger partial charge in [-0.25, -0.2) is 9.79 Å². The third kappa shape index (κ3) is 5.09. The second kappa shape index (κ2) is 9.32. The zero-order valence-electron chi connectivity index (χ0n) is 16.2. The van der Waals surface area contributed by atoms with Crippen LogP contribution in [0.1, 0.15) is 12.5 Å². The number of benzene rings is 2. The van der Waals surface area contributed by atoms with Gasteiger partial charge >= 0.3 is 5.97 Å². The molecule has 1 aliphatic heterocycles. The van der Waals surface area contributed by atoms with E-state index in [1.807, 2.05) is 0 Å². The predicted octanol–water partition coefficient (Wildman–Crippen LogP) is 4.03. The van der Waals surface area contributed by atoms with Crippen molar-refractivity contribution in [2.75, 3.05) is 6.54 Å². The smallest absolute Gasteiger partial charge is 0.344 e. The topological polar surface area (TPSA) is 99.4 Å². The summed E-state index contributed by atoms with van der Waals surface area (Å²) in [6.07, 6.45) is 2.33.